The van der Waals surface area contributed by atoms with E-state index in [1.54, 1.807) is 0 Å². The minimum atomic E-state index is 0.266. The normalized spacial score (nSPS) is 10.2. The molecule has 68 valence electrons. The van der Waals surface area contributed by atoms with Gasteiger partial charge in [0.25, 0.3) is 0 Å². The number of unbranched alkanes of at least 4 members (excludes halogenated alkanes) is 1. The van der Waals surface area contributed by atoms with Gasteiger partial charge in [0.2, 0.25) is 5.89 Å². The number of alkyl halides is 1. The lowest BCUT2D eigenvalue weighted by Crippen LogP contribution is -2.00. The standard InChI is InChI=1S/C7H12ClN3O/c1-2-3-4-9-7-11-10-6(5-8)12-7/h2-5H2,1H3,(H,9,11). The van der Waals surface area contributed by atoms with Crippen molar-refractivity contribution in [1.29, 1.82) is 0 Å². The zero-order valence-corrected chi connectivity index (χ0v) is 7.76. The molecule has 0 fully saturated rings. The molecule has 0 amide bonds. The number of aromatic nitrogens is 2. The van der Waals surface area contributed by atoms with Crippen LogP contribution in [0.5, 0.6) is 0 Å². The Morgan fingerprint density at radius 1 is 1.50 bits per heavy atom. The lowest BCUT2D eigenvalue weighted by atomic mass is 10.3. The molecule has 1 aromatic rings. The van der Waals surface area contributed by atoms with E-state index >= 15 is 0 Å². The van der Waals surface area contributed by atoms with Gasteiger partial charge in [0.1, 0.15) is 5.88 Å². The molecule has 0 radical (unpaired) electrons. The molecule has 0 unspecified atom stereocenters. The molecule has 0 aliphatic carbocycles. The first-order chi connectivity index (χ1) is 5.86. The predicted molar refractivity (Wildman–Crippen MR) is 47.3 cm³/mol. The molecule has 1 rings (SSSR count). The molecule has 0 aromatic carbocycles. The van der Waals surface area contributed by atoms with Gasteiger partial charge in [-0.05, 0) is 6.42 Å². The van der Waals surface area contributed by atoms with Crippen LogP contribution in [0.2, 0.25) is 0 Å². The van der Waals surface area contributed by atoms with Crippen LogP contribution >= 0.6 is 11.6 Å². The summed E-state index contributed by atoms with van der Waals surface area (Å²) in [6, 6.07) is 0.458. The van der Waals surface area contributed by atoms with Crippen LogP contribution in [0.25, 0.3) is 0 Å². The first-order valence-corrected chi connectivity index (χ1v) is 4.52. The van der Waals surface area contributed by atoms with Crippen molar-refractivity contribution in [1.82, 2.24) is 10.2 Å². The Kier molecular flexibility index (Phi) is 3.87. The lowest BCUT2D eigenvalue weighted by molar-refractivity contribution is 0.524. The summed E-state index contributed by atoms with van der Waals surface area (Å²) in [5.41, 5.74) is 0. The number of halogens is 1. The zero-order valence-electron chi connectivity index (χ0n) is 7.01. The summed E-state index contributed by atoms with van der Waals surface area (Å²) in [4.78, 5) is 0. The number of anilines is 1. The smallest absolute Gasteiger partial charge is 0.315 e. The molecule has 1 heterocycles. The lowest BCUT2D eigenvalue weighted by Gasteiger charge is -1.96. The molecule has 0 spiro atoms. The summed E-state index contributed by atoms with van der Waals surface area (Å²) < 4.78 is 5.11. The largest absolute Gasteiger partial charge is 0.407 e. The molecule has 0 bridgehead atoms. The second kappa shape index (κ2) is 4.98. The Bertz CT molecular complexity index is 226. The first-order valence-electron chi connectivity index (χ1n) is 3.99. The summed E-state index contributed by atoms with van der Waals surface area (Å²) in [7, 11) is 0. The zero-order chi connectivity index (χ0) is 8.81. The van der Waals surface area contributed by atoms with E-state index in [4.69, 9.17) is 16.0 Å². The van der Waals surface area contributed by atoms with E-state index in [1.165, 1.54) is 0 Å². The SMILES string of the molecule is CCCCNc1nnc(CCl)o1. The quantitative estimate of drug-likeness (QED) is 0.569. The van der Waals surface area contributed by atoms with Crippen molar-refractivity contribution in [2.24, 2.45) is 0 Å². The minimum Gasteiger partial charge on any atom is -0.407 e. The second-order valence-electron chi connectivity index (χ2n) is 2.41. The summed E-state index contributed by atoms with van der Waals surface area (Å²) in [5.74, 6) is 0.721. The van der Waals surface area contributed by atoms with Crippen molar-refractivity contribution in [3.05, 3.63) is 5.89 Å². The first kappa shape index (κ1) is 9.32. The Morgan fingerprint density at radius 3 is 2.92 bits per heavy atom. The molecule has 0 saturated carbocycles. The van der Waals surface area contributed by atoms with E-state index in [1.807, 2.05) is 0 Å². The molecule has 0 aliphatic rings. The maximum Gasteiger partial charge on any atom is 0.315 e. The van der Waals surface area contributed by atoms with Gasteiger partial charge in [0.15, 0.2) is 0 Å². The van der Waals surface area contributed by atoms with E-state index in [2.05, 4.69) is 22.4 Å². The van der Waals surface area contributed by atoms with Crippen LogP contribution in [0.3, 0.4) is 0 Å². The fraction of sp³-hybridized carbons (Fsp3) is 0.714. The summed E-state index contributed by atoms with van der Waals surface area (Å²) in [6.45, 7) is 2.99. The maximum absolute atomic E-state index is 5.48. The van der Waals surface area contributed by atoms with Gasteiger partial charge >= 0.3 is 6.01 Å². The Labute approximate surface area is 76.3 Å². The van der Waals surface area contributed by atoms with Crippen LogP contribution in [-0.2, 0) is 5.88 Å². The molecule has 0 atom stereocenters. The molecule has 12 heavy (non-hydrogen) atoms. The third-order valence-electron chi connectivity index (χ3n) is 1.39. The topological polar surface area (TPSA) is 51.0 Å². The van der Waals surface area contributed by atoms with Gasteiger partial charge in [0, 0.05) is 6.54 Å². The van der Waals surface area contributed by atoms with Crippen LogP contribution in [0.15, 0.2) is 4.42 Å². The van der Waals surface area contributed by atoms with E-state index in [0.717, 1.165) is 19.4 Å². The van der Waals surface area contributed by atoms with Gasteiger partial charge in [-0.25, -0.2) is 0 Å². The highest BCUT2D eigenvalue weighted by molar-refractivity contribution is 6.16. The average molecular weight is 190 g/mol. The Morgan fingerprint density at radius 2 is 2.33 bits per heavy atom. The number of hydrogen-bond acceptors (Lipinski definition) is 4. The van der Waals surface area contributed by atoms with Gasteiger partial charge < -0.3 is 9.73 Å². The summed E-state index contributed by atoms with van der Waals surface area (Å²) in [5, 5.41) is 10.5. The monoisotopic (exact) mass is 189 g/mol. The summed E-state index contributed by atoms with van der Waals surface area (Å²) in [6.07, 6.45) is 2.24. The van der Waals surface area contributed by atoms with E-state index < -0.39 is 0 Å². The van der Waals surface area contributed by atoms with Crippen LogP contribution in [-0.4, -0.2) is 16.7 Å². The number of nitrogens with one attached hydrogen (secondary N) is 1. The molecule has 1 aromatic heterocycles. The van der Waals surface area contributed by atoms with E-state index in [0.29, 0.717) is 11.9 Å². The van der Waals surface area contributed by atoms with Gasteiger partial charge in [-0.2, -0.15) is 0 Å². The van der Waals surface area contributed by atoms with Crippen LogP contribution in [0.4, 0.5) is 6.01 Å². The molecule has 0 saturated heterocycles. The van der Waals surface area contributed by atoms with Crippen molar-refractivity contribution in [2.75, 3.05) is 11.9 Å². The van der Waals surface area contributed by atoms with Gasteiger partial charge in [0.05, 0.1) is 0 Å². The Hall–Kier alpha value is -0.770. The number of hydrogen-bond donors (Lipinski definition) is 1. The van der Waals surface area contributed by atoms with E-state index in [-0.39, 0.29) is 5.88 Å². The molecule has 4 nitrogen and oxygen atoms in total. The molecule has 0 aliphatic heterocycles. The van der Waals surface area contributed by atoms with Crippen molar-refractivity contribution >= 4 is 17.6 Å². The molecule has 5 heteroatoms. The maximum atomic E-state index is 5.48. The molecular formula is C7H12ClN3O. The summed E-state index contributed by atoms with van der Waals surface area (Å²) >= 11 is 5.48. The molecule has 1 N–H and O–H groups in total. The third-order valence-corrected chi connectivity index (χ3v) is 1.62. The third kappa shape index (κ3) is 2.70. The van der Waals surface area contributed by atoms with Crippen molar-refractivity contribution in [2.45, 2.75) is 25.6 Å². The van der Waals surface area contributed by atoms with Gasteiger partial charge in [-0.3, -0.25) is 0 Å². The van der Waals surface area contributed by atoms with Gasteiger partial charge in [-0.15, -0.1) is 16.7 Å². The Balaban J connectivity index is 2.31. The van der Waals surface area contributed by atoms with Crippen molar-refractivity contribution < 1.29 is 4.42 Å². The van der Waals surface area contributed by atoms with Crippen LogP contribution < -0.4 is 5.32 Å². The predicted octanol–water partition coefficient (Wildman–Crippen LogP) is 2.02. The van der Waals surface area contributed by atoms with Crippen LogP contribution in [0.1, 0.15) is 25.7 Å². The fourth-order valence-corrected chi connectivity index (χ4v) is 0.859. The van der Waals surface area contributed by atoms with Crippen molar-refractivity contribution in [3.8, 4) is 0 Å². The average Bonchev–Trinajstić information content (AvgIpc) is 2.53. The van der Waals surface area contributed by atoms with Crippen molar-refractivity contribution in [3.63, 3.8) is 0 Å². The molecular weight excluding hydrogens is 178 g/mol. The number of nitrogens with zero attached hydrogens (tertiary/aromatic N) is 2. The minimum absolute atomic E-state index is 0.266. The van der Waals surface area contributed by atoms with Gasteiger partial charge in [-0.1, -0.05) is 18.4 Å². The number of rotatable bonds is 5. The van der Waals surface area contributed by atoms with E-state index in [9.17, 15) is 0 Å². The highest BCUT2D eigenvalue weighted by Crippen LogP contribution is 2.07. The highest BCUT2D eigenvalue weighted by Gasteiger charge is 2.02. The highest BCUT2D eigenvalue weighted by atomic mass is 35.5. The fourth-order valence-electron chi connectivity index (χ4n) is 0.751. The second-order valence-corrected chi connectivity index (χ2v) is 2.68. The van der Waals surface area contributed by atoms with Crippen LogP contribution in [0, 0.1) is 0 Å².